The molecule has 0 spiro atoms. The Labute approximate surface area is 175 Å². The molecule has 0 saturated carbocycles. The quantitative estimate of drug-likeness (QED) is 0.434. The van der Waals surface area contributed by atoms with Gasteiger partial charge in [0.05, 0.1) is 0 Å². The van der Waals surface area contributed by atoms with E-state index >= 15 is 0 Å². The van der Waals surface area contributed by atoms with Crippen molar-refractivity contribution in [2.75, 3.05) is 46.9 Å². The second-order valence-corrected chi connectivity index (χ2v) is 8.18. The number of hydrogen-bond donors (Lipinski definition) is 1. The van der Waals surface area contributed by atoms with Gasteiger partial charge in [-0.05, 0) is 49.1 Å². The molecule has 1 fully saturated rings. The number of aliphatic imine (C=N–C) groups is 1. The van der Waals surface area contributed by atoms with Crippen LogP contribution in [0.2, 0.25) is 0 Å². The van der Waals surface area contributed by atoms with Crippen molar-refractivity contribution in [2.45, 2.75) is 45.1 Å². The van der Waals surface area contributed by atoms with Gasteiger partial charge in [0.25, 0.3) is 0 Å². The van der Waals surface area contributed by atoms with Crippen molar-refractivity contribution in [3.63, 3.8) is 0 Å². The molecule has 1 amide bonds. The molecule has 29 heavy (non-hydrogen) atoms. The topological polar surface area (TPSA) is 57.2 Å². The number of fused-ring (bicyclic) bond motifs is 1. The van der Waals surface area contributed by atoms with Crippen molar-refractivity contribution in [1.29, 1.82) is 0 Å². The monoisotopic (exact) mass is 400 g/mol. The first kappa shape index (κ1) is 21.6. The van der Waals surface area contributed by atoms with Gasteiger partial charge in [-0.25, -0.2) is 0 Å². The lowest BCUT2D eigenvalue weighted by molar-refractivity contribution is -0.132. The van der Waals surface area contributed by atoms with E-state index in [2.05, 4.69) is 46.5 Å². The van der Waals surface area contributed by atoms with Crippen molar-refractivity contribution in [2.24, 2.45) is 10.9 Å². The number of ether oxygens (including phenoxy) is 1. The summed E-state index contributed by atoms with van der Waals surface area (Å²) in [4.78, 5) is 21.2. The molecule has 2 aliphatic rings. The highest BCUT2D eigenvalue weighted by atomic mass is 16.5. The predicted molar refractivity (Wildman–Crippen MR) is 117 cm³/mol. The van der Waals surface area contributed by atoms with Gasteiger partial charge in [0.2, 0.25) is 5.91 Å². The predicted octanol–water partition coefficient (Wildman–Crippen LogP) is 2.68. The summed E-state index contributed by atoms with van der Waals surface area (Å²) in [5.41, 5.74) is 2.67. The summed E-state index contributed by atoms with van der Waals surface area (Å²) >= 11 is 0. The Morgan fingerprint density at radius 3 is 2.79 bits per heavy atom. The molecule has 2 heterocycles. The summed E-state index contributed by atoms with van der Waals surface area (Å²) in [5, 5.41) is 3.41. The number of hydrogen-bond acceptors (Lipinski definition) is 3. The summed E-state index contributed by atoms with van der Waals surface area (Å²) in [5.74, 6) is 1.93. The molecule has 1 N–H and O–H groups in total. The Bertz CT molecular complexity index is 685. The molecule has 0 radical (unpaired) electrons. The number of carbonyl (C=O) groups is 1. The summed E-state index contributed by atoms with van der Waals surface area (Å²) in [6.45, 7) is 5.15. The Hall–Kier alpha value is -2.08. The lowest BCUT2D eigenvalue weighted by atomic mass is 9.96. The van der Waals surface area contributed by atoms with Gasteiger partial charge >= 0.3 is 0 Å². The Balaban J connectivity index is 1.33. The van der Waals surface area contributed by atoms with Crippen LogP contribution in [0.15, 0.2) is 29.3 Å². The molecule has 0 aromatic heterocycles. The average Bonchev–Trinajstić information content (AvgIpc) is 2.77. The Kier molecular flexibility index (Phi) is 8.35. The molecule has 6 heteroatoms. The van der Waals surface area contributed by atoms with Crippen molar-refractivity contribution < 1.29 is 9.53 Å². The van der Waals surface area contributed by atoms with E-state index in [1.807, 2.05) is 11.9 Å². The lowest BCUT2D eigenvalue weighted by Gasteiger charge is -2.29. The zero-order valence-electron chi connectivity index (χ0n) is 18.0. The summed E-state index contributed by atoms with van der Waals surface area (Å²) in [6, 6.07) is 8.44. The van der Waals surface area contributed by atoms with Crippen LogP contribution in [0, 0.1) is 5.92 Å². The van der Waals surface area contributed by atoms with Crippen LogP contribution >= 0.6 is 0 Å². The van der Waals surface area contributed by atoms with Gasteiger partial charge in [-0.2, -0.15) is 0 Å². The van der Waals surface area contributed by atoms with Crippen molar-refractivity contribution in [1.82, 2.24) is 15.1 Å². The minimum Gasteiger partial charge on any atom is -0.381 e. The fraction of sp³-hybridized carbons (Fsp3) is 0.652. The molecule has 160 valence electrons. The highest BCUT2D eigenvalue weighted by molar-refractivity contribution is 5.80. The third kappa shape index (κ3) is 6.46. The molecular weight excluding hydrogens is 364 g/mol. The van der Waals surface area contributed by atoms with Gasteiger partial charge in [-0.1, -0.05) is 24.3 Å². The molecule has 6 nitrogen and oxygen atoms in total. The number of benzene rings is 1. The molecule has 2 aliphatic heterocycles. The van der Waals surface area contributed by atoms with E-state index in [1.54, 1.807) is 0 Å². The second-order valence-electron chi connectivity index (χ2n) is 8.18. The van der Waals surface area contributed by atoms with Crippen LogP contribution in [0.4, 0.5) is 0 Å². The van der Waals surface area contributed by atoms with Crippen LogP contribution in [0.5, 0.6) is 0 Å². The van der Waals surface area contributed by atoms with Crippen LogP contribution in [-0.4, -0.2) is 68.6 Å². The van der Waals surface area contributed by atoms with Crippen LogP contribution in [0.3, 0.4) is 0 Å². The van der Waals surface area contributed by atoms with Crippen LogP contribution < -0.4 is 5.32 Å². The van der Waals surface area contributed by atoms with Gasteiger partial charge < -0.3 is 19.9 Å². The fourth-order valence-corrected chi connectivity index (χ4v) is 4.21. The Morgan fingerprint density at radius 1 is 1.28 bits per heavy atom. The van der Waals surface area contributed by atoms with E-state index in [-0.39, 0.29) is 5.91 Å². The summed E-state index contributed by atoms with van der Waals surface area (Å²) < 4.78 is 5.44. The molecule has 1 aromatic rings. The zero-order chi connectivity index (χ0) is 20.5. The average molecular weight is 401 g/mol. The zero-order valence-corrected chi connectivity index (χ0v) is 18.0. The Morgan fingerprint density at radius 2 is 2.03 bits per heavy atom. The first-order valence-electron chi connectivity index (χ1n) is 11.0. The van der Waals surface area contributed by atoms with Gasteiger partial charge in [-0.3, -0.25) is 9.79 Å². The van der Waals surface area contributed by atoms with E-state index in [9.17, 15) is 4.79 Å². The molecule has 0 unspecified atom stereocenters. The van der Waals surface area contributed by atoms with E-state index in [0.29, 0.717) is 6.42 Å². The maximum Gasteiger partial charge on any atom is 0.222 e. The van der Waals surface area contributed by atoms with Crippen molar-refractivity contribution in [3.8, 4) is 0 Å². The van der Waals surface area contributed by atoms with Crippen molar-refractivity contribution in [3.05, 3.63) is 35.4 Å². The maximum absolute atomic E-state index is 12.6. The summed E-state index contributed by atoms with van der Waals surface area (Å²) in [7, 11) is 3.91. The van der Waals surface area contributed by atoms with Gasteiger partial charge in [0.1, 0.15) is 0 Å². The third-order valence-corrected chi connectivity index (χ3v) is 6.12. The number of rotatable bonds is 7. The molecular formula is C23H36N4O2. The van der Waals surface area contributed by atoms with E-state index in [0.717, 1.165) is 64.1 Å². The van der Waals surface area contributed by atoms with Gasteiger partial charge in [0, 0.05) is 59.9 Å². The molecule has 0 bridgehead atoms. The van der Waals surface area contributed by atoms with Gasteiger partial charge in [-0.15, -0.1) is 0 Å². The third-order valence-electron chi connectivity index (χ3n) is 6.12. The maximum atomic E-state index is 12.6. The fourth-order valence-electron chi connectivity index (χ4n) is 4.21. The van der Waals surface area contributed by atoms with E-state index in [1.165, 1.54) is 30.4 Å². The molecule has 0 atom stereocenters. The van der Waals surface area contributed by atoms with Crippen LogP contribution in [-0.2, 0) is 22.5 Å². The van der Waals surface area contributed by atoms with E-state index < -0.39 is 0 Å². The van der Waals surface area contributed by atoms with Crippen molar-refractivity contribution >= 4 is 11.9 Å². The minimum atomic E-state index is 0.254. The highest BCUT2D eigenvalue weighted by Crippen LogP contribution is 2.20. The van der Waals surface area contributed by atoms with Gasteiger partial charge in [0.15, 0.2) is 5.96 Å². The first-order valence-corrected chi connectivity index (χ1v) is 11.0. The van der Waals surface area contributed by atoms with Crippen LogP contribution in [0.1, 0.15) is 43.2 Å². The smallest absolute Gasteiger partial charge is 0.222 e. The number of guanidine groups is 1. The number of nitrogens with zero attached hydrogens (tertiary/aromatic N) is 3. The SMILES string of the molecule is CN=C(NCCCC(=O)N1CCc2ccccc2C1)N(C)CCC1CCOCC1. The van der Waals surface area contributed by atoms with Crippen LogP contribution in [0.25, 0.3) is 0 Å². The lowest BCUT2D eigenvalue weighted by Crippen LogP contribution is -2.41. The molecule has 1 saturated heterocycles. The highest BCUT2D eigenvalue weighted by Gasteiger charge is 2.20. The molecule has 0 aliphatic carbocycles. The normalized spacial score (nSPS) is 17.7. The molecule has 3 rings (SSSR count). The standard InChI is InChI=1S/C23H36N4O2/c1-24-23(26(2)14-9-19-11-16-29-17-12-19)25-13-5-8-22(28)27-15-10-20-6-3-4-7-21(20)18-27/h3-4,6-7,19H,5,8-18H2,1-2H3,(H,24,25). The van der Waals surface area contributed by atoms with E-state index in [4.69, 9.17) is 4.74 Å². The molecule has 1 aromatic carbocycles. The first-order chi connectivity index (χ1) is 14.2. The summed E-state index contributed by atoms with van der Waals surface area (Å²) in [6.07, 6.45) is 5.88. The largest absolute Gasteiger partial charge is 0.381 e. The second kappa shape index (κ2) is 11.2. The number of carbonyl (C=O) groups excluding carboxylic acids is 1. The minimum absolute atomic E-state index is 0.254. The number of nitrogens with one attached hydrogen (secondary N) is 1. The number of amides is 1.